The molecular formula is C23H29N4OS+. The quantitative estimate of drug-likeness (QED) is 0.287. The van der Waals surface area contributed by atoms with Crippen molar-refractivity contribution >= 4 is 29.6 Å². The monoisotopic (exact) mass is 409 g/mol. The summed E-state index contributed by atoms with van der Waals surface area (Å²) in [6.45, 7) is 1.75. The number of nitrogens with zero attached hydrogens (tertiary/aromatic N) is 3. The maximum atomic E-state index is 8.85. The zero-order valence-corrected chi connectivity index (χ0v) is 17.7. The standard InChI is InChI=1S/C23H28N4OS/c1-26-17-12-25-23(26)29-19-3-2-14-27-15-10-21(11-16-27)5-4-20-6-8-22(9-7-20)24-13-18-28/h4-12,15-17,28H,2-3,13-14,18-19H2,1H3/p+1. The van der Waals surface area contributed by atoms with Crippen molar-refractivity contribution in [3.8, 4) is 0 Å². The SMILES string of the molecule is Cn1ccnc1SCCCC[n+]1ccc(/C=C/c2ccc(NCCO)cc2)cc1. The number of thioether (sulfide) groups is 1. The Morgan fingerprint density at radius 1 is 1.07 bits per heavy atom. The van der Waals surface area contributed by atoms with Crippen molar-refractivity contribution in [1.29, 1.82) is 0 Å². The van der Waals surface area contributed by atoms with E-state index in [-0.39, 0.29) is 6.61 Å². The molecule has 0 atom stereocenters. The molecule has 0 aliphatic carbocycles. The molecule has 152 valence electrons. The first kappa shape index (κ1) is 21.1. The van der Waals surface area contributed by atoms with Crippen molar-refractivity contribution in [2.24, 2.45) is 7.05 Å². The summed E-state index contributed by atoms with van der Waals surface area (Å²) in [4.78, 5) is 4.34. The van der Waals surface area contributed by atoms with Gasteiger partial charge in [0.25, 0.3) is 0 Å². The van der Waals surface area contributed by atoms with Crippen LogP contribution in [-0.2, 0) is 13.6 Å². The molecule has 29 heavy (non-hydrogen) atoms. The molecule has 0 saturated heterocycles. The first-order valence-electron chi connectivity index (χ1n) is 9.97. The summed E-state index contributed by atoms with van der Waals surface area (Å²) < 4.78 is 4.30. The molecule has 0 fully saturated rings. The summed E-state index contributed by atoms with van der Waals surface area (Å²) in [6.07, 6.45) is 14.7. The van der Waals surface area contributed by atoms with Gasteiger partial charge < -0.3 is 15.0 Å². The van der Waals surface area contributed by atoms with Crippen LogP contribution >= 0.6 is 11.8 Å². The number of aliphatic hydroxyl groups is 1. The van der Waals surface area contributed by atoms with Gasteiger partial charge in [0.2, 0.25) is 0 Å². The van der Waals surface area contributed by atoms with Crippen LogP contribution in [0.1, 0.15) is 24.0 Å². The first-order chi connectivity index (χ1) is 14.2. The number of unbranched alkanes of at least 4 members (excludes halogenated alkanes) is 1. The van der Waals surface area contributed by atoms with E-state index in [9.17, 15) is 0 Å². The predicted molar refractivity (Wildman–Crippen MR) is 121 cm³/mol. The molecule has 0 aliphatic rings. The first-order valence-corrected chi connectivity index (χ1v) is 11.0. The maximum Gasteiger partial charge on any atom is 0.169 e. The van der Waals surface area contributed by atoms with E-state index in [4.69, 9.17) is 5.11 Å². The highest BCUT2D eigenvalue weighted by Crippen LogP contribution is 2.16. The summed E-state index contributed by atoms with van der Waals surface area (Å²) in [6, 6.07) is 12.5. The molecule has 2 heterocycles. The highest BCUT2D eigenvalue weighted by molar-refractivity contribution is 7.99. The Morgan fingerprint density at radius 2 is 1.79 bits per heavy atom. The lowest BCUT2D eigenvalue weighted by Gasteiger charge is -2.04. The van der Waals surface area contributed by atoms with Gasteiger partial charge in [-0.25, -0.2) is 9.55 Å². The summed E-state index contributed by atoms with van der Waals surface area (Å²) in [5.41, 5.74) is 3.37. The number of aromatic nitrogens is 3. The number of benzene rings is 1. The lowest BCUT2D eigenvalue weighted by atomic mass is 10.1. The van der Waals surface area contributed by atoms with E-state index in [0.717, 1.165) is 35.1 Å². The van der Waals surface area contributed by atoms with Crippen molar-refractivity contribution in [1.82, 2.24) is 9.55 Å². The van der Waals surface area contributed by atoms with Crippen molar-refractivity contribution < 1.29 is 9.67 Å². The van der Waals surface area contributed by atoms with Gasteiger partial charge in [-0.1, -0.05) is 36.0 Å². The van der Waals surface area contributed by atoms with Gasteiger partial charge in [0, 0.05) is 56.0 Å². The van der Waals surface area contributed by atoms with E-state index in [2.05, 4.69) is 68.2 Å². The fraction of sp³-hybridized carbons (Fsp3) is 0.304. The zero-order chi connectivity index (χ0) is 20.3. The van der Waals surface area contributed by atoms with E-state index >= 15 is 0 Å². The molecule has 0 unspecified atom stereocenters. The number of aryl methyl sites for hydroxylation is 2. The number of rotatable bonds is 11. The third kappa shape index (κ3) is 7.07. The number of aliphatic hydroxyl groups excluding tert-OH is 1. The zero-order valence-electron chi connectivity index (χ0n) is 16.9. The van der Waals surface area contributed by atoms with Crippen molar-refractivity contribution in [2.75, 3.05) is 24.2 Å². The van der Waals surface area contributed by atoms with Crippen LogP contribution in [0.3, 0.4) is 0 Å². The Balaban J connectivity index is 1.40. The molecule has 0 spiro atoms. The third-order valence-corrected chi connectivity index (χ3v) is 5.70. The molecule has 5 nitrogen and oxygen atoms in total. The molecule has 3 rings (SSSR count). The van der Waals surface area contributed by atoms with E-state index in [0.29, 0.717) is 6.54 Å². The fourth-order valence-electron chi connectivity index (χ4n) is 2.88. The molecule has 0 amide bonds. The Hall–Kier alpha value is -2.57. The molecular weight excluding hydrogens is 380 g/mol. The van der Waals surface area contributed by atoms with Gasteiger partial charge in [-0.3, -0.25) is 0 Å². The van der Waals surface area contributed by atoms with Crippen LogP contribution in [-0.4, -0.2) is 33.6 Å². The molecule has 2 aromatic heterocycles. The normalized spacial score (nSPS) is 11.2. The van der Waals surface area contributed by atoms with Crippen LogP contribution < -0.4 is 9.88 Å². The van der Waals surface area contributed by atoms with Crippen molar-refractivity contribution in [2.45, 2.75) is 24.5 Å². The molecule has 2 N–H and O–H groups in total. The van der Waals surface area contributed by atoms with Gasteiger partial charge in [-0.05, 0) is 29.7 Å². The van der Waals surface area contributed by atoms with Crippen LogP contribution in [0, 0.1) is 0 Å². The summed E-state index contributed by atoms with van der Waals surface area (Å²) >= 11 is 1.82. The fourth-order valence-corrected chi connectivity index (χ4v) is 3.82. The van der Waals surface area contributed by atoms with Gasteiger partial charge >= 0.3 is 0 Å². The largest absolute Gasteiger partial charge is 0.395 e. The lowest BCUT2D eigenvalue weighted by molar-refractivity contribution is -0.697. The predicted octanol–water partition coefficient (Wildman–Crippen LogP) is 3.85. The van der Waals surface area contributed by atoms with Crippen LogP contribution in [0.5, 0.6) is 0 Å². The van der Waals surface area contributed by atoms with Gasteiger partial charge in [-0.15, -0.1) is 0 Å². The summed E-state index contributed by atoms with van der Waals surface area (Å²) in [5.74, 6) is 1.10. The van der Waals surface area contributed by atoms with Crippen molar-refractivity contribution in [3.05, 3.63) is 72.3 Å². The second kappa shape index (κ2) is 11.4. The Bertz CT molecular complexity index is 888. The van der Waals surface area contributed by atoms with E-state index < -0.39 is 0 Å². The highest BCUT2D eigenvalue weighted by atomic mass is 32.2. The second-order valence-corrected chi connectivity index (χ2v) is 7.91. The van der Waals surface area contributed by atoms with Crippen LogP contribution in [0.2, 0.25) is 0 Å². The molecule has 0 bridgehead atoms. The Kier molecular flexibility index (Phi) is 8.34. The second-order valence-electron chi connectivity index (χ2n) is 6.85. The van der Waals surface area contributed by atoms with Crippen LogP contribution in [0.15, 0.2) is 66.3 Å². The molecule has 3 aromatic rings. The number of nitrogens with one attached hydrogen (secondary N) is 1. The number of anilines is 1. The topological polar surface area (TPSA) is 54.0 Å². The summed E-state index contributed by atoms with van der Waals surface area (Å²) in [5, 5.41) is 13.1. The van der Waals surface area contributed by atoms with Gasteiger partial charge in [0.05, 0.1) is 6.61 Å². The average molecular weight is 410 g/mol. The van der Waals surface area contributed by atoms with E-state index in [1.807, 2.05) is 43.3 Å². The maximum absolute atomic E-state index is 8.85. The third-order valence-electron chi connectivity index (χ3n) is 4.56. The number of pyridine rings is 1. The van der Waals surface area contributed by atoms with Gasteiger partial charge in [-0.2, -0.15) is 0 Å². The molecule has 1 aromatic carbocycles. The van der Waals surface area contributed by atoms with Gasteiger partial charge in [0.1, 0.15) is 6.54 Å². The van der Waals surface area contributed by atoms with Gasteiger partial charge in [0.15, 0.2) is 17.6 Å². The average Bonchev–Trinajstić information content (AvgIpc) is 3.17. The molecule has 6 heteroatoms. The van der Waals surface area contributed by atoms with Crippen LogP contribution in [0.25, 0.3) is 12.2 Å². The van der Waals surface area contributed by atoms with E-state index in [1.165, 1.54) is 12.0 Å². The number of hydrogen-bond acceptors (Lipinski definition) is 4. The van der Waals surface area contributed by atoms with Crippen molar-refractivity contribution in [3.63, 3.8) is 0 Å². The van der Waals surface area contributed by atoms with E-state index in [1.54, 1.807) is 0 Å². The Morgan fingerprint density at radius 3 is 2.45 bits per heavy atom. The number of hydrogen-bond donors (Lipinski definition) is 2. The smallest absolute Gasteiger partial charge is 0.169 e. The lowest BCUT2D eigenvalue weighted by Crippen LogP contribution is -2.32. The molecule has 0 aliphatic heterocycles. The highest BCUT2D eigenvalue weighted by Gasteiger charge is 2.02. The minimum Gasteiger partial charge on any atom is -0.395 e. The summed E-state index contributed by atoms with van der Waals surface area (Å²) in [7, 11) is 2.03. The molecule has 0 saturated carbocycles. The molecule has 0 radical (unpaired) electrons. The Labute approximate surface area is 177 Å². The minimum absolute atomic E-state index is 0.139. The minimum atomic E-state index is 0.139. The van der Waals surface area contributed by atoms with Crippen LogP contribution in [0.4, 0.5) is 5.69 Å². The number of imidazole rings is 1.